The molecule has 0 radical (unpaired) electrons. The maximum absolute atomic E-state index is 12.4. The van der Waals surface area contributed by atoms with Crippen molar-refractivity contribution in [3.8, 4) is 0 Å². The van der Waals surface area contributed by atoms with Crippen molar-refractivity contribution in [2.24, 2.45) is 0 Å². The zero-order valence-corrected chi connectivity index (χ0v) is 15.7. The fourth-order valence-electron chi connectivity index (χ4n) is 2.53. The molecule has 2 N–H and O–H groups in total. The number of hydrogen-bond acceptors (Lipinski definition) is 5. The molecule has 9 heteroatoms. The second-order valence-electron chi connectivity index (χ2n) is 5.41. The lowest BCUT2D eigenvalue weighted by Crippen LogP contribution is -2.49. The minimum Gasteiger partial charge on any atom is -0.381 e. The van der Waals surface area contributed by atoms with Crippen LogP contribution in [0.1, 0.15) is 33.1 Å². The maximum Gasteiger partial charge on any atom is 0.237 e. The number of sulfonamides is 1. The van der Waals surface area contributed by atoms with Crippen molar-refractivity contribution < 1.29 is 17.9 Å². The van der Waals surface area contributed by atoms with Gasteiger partial charge in [-0.3, -0.25) is 4.79 Å². The molecule has 0 saturated carbocycles. The summed E-state index contributed by atoms with van der Waals surface area (Å²) in [5.74, 6) is -0.261. The van der Waals surface area contributed by atoms with Gasteiger partial charge in [-0.25, -0.2) is 13.1 Å². The van der Waals surface area contributed by atoms with E-state index in [1.165, 1.54) is 0 Å². The summed E-state index contributed by atoms with van der Waals surface area (Å²) < 4.78 is 31.0. The molecule has 1 fully saturated rings. The number of nitrogens with zero attached hydrogens (tertiary/aromatic N) is 1. The van der Waals surface area contributed by atoms with Crippen LogP contribution in [0.25, 0.3) is 0 Å². The molecule has 0 aromatic rings. The largest absolute Gasteiger partial charge is 0.381 e. The molecule has 0 bridgehead atoms. The lowest BCUT2D eigenvalue weighted by molar-refractivity contribution is -0.132. The molecule has 1 aliphatic rings. The zero-order valence-electron chi connectivity index (χ0n) is 14.0. The Balaban J connectivity index is 0.00000484. The molecule has 0 atom stereocenters. The molecule has 1 heterocycles. The lowest BCUT2D eigenvalue weighted by atomic mass is 10.0. The van der Waals surface area contributed by atoms with Crippen molar-refractivity contribution in [3.05, 3.63) is 0 Å². The predicted molar refractivity (Wildman–Crippen MR) is 93.4 cm³/mol. The first-order valence-electron chi connectivity index (χ1n) is 8.05. The molecule has 1 amide bonds. The van der Waals surface area contributed by atoms with Crippen LogP contribution in [-0.2, 0) is 19.6 Å². The molecule has 0 unspecified atom stereocenters. The quantitative estimate of drug-likeness (QED) is 0.541. The van der Waals surface area contributed by atoms with Gasteiger partial charge in [0.15, 0.2) is 0 Å². The van der Waals surface area contributed by atoms with E-state index in [0.29, 0.717) is 13.2 Å². The van der Waals surface area contributed by atoms with E-state index in [1.807, 2.05) is 18.7 Å². The van der Waals surface area contributed by atoms with E-state index in [2.05, 4.69) is 10.0 Å². The smallest absolute Gasteiger partial charge is 0.237 e. The topological polar surface area (TPSA) is 87.7 Å². The molecule has 1 aliphatic heterocycles. The second kappa shape index (κ2) is 12.0. The Morgan fingerprint density at radius 3 is 2.52 bits per heavy atom. The summed E-state index contributed by atoms with van der Waals surface area (Å²) in [6.45, 7) is 6.76. The minimum atomic E-state index is -3.46. The first-order valence-corrected chi connectivity index (χ1v) is 9.70. The molecular formula is C14H30ClN3O4S. The second-order valence-corrected chi connectivity index (χ2v) is 7.33. The molecule has 23 heavy (non-hydrogen) atoms. The zero-order chi connectivity index (χ0) is 16.4. The number of ether oxygens (including phenoxy) is 1. The summed E-state index contributed by atoms with van der Waals surface area (Å²) in [5.41, 5.74) is 0. The van der Waals surface area contributed by atoms with Crippen LogP contribution in [0.5, 0.6) is 0 Å². The SMILES string of the molecule is CCCN(C(=O)CNS(=O)(=O)CCOCC)C1CCNCC1.Cl. The Morgan fingerprint density at radius 1 is 1.30 bits per heavy atom. The molecule has 1 saturated heterocycles. The van der Waals surface area contributed by atoms with Gasteiger partial charge >= 0.3 is 0 Å². The molecule has 0 aromatic carbocycles. The first kappa shape index (κ1) is 22.6. The molecule has 138 valence electrons. The number of amides is 1. The highest BCUT2D eigenvalue weighted by molar-refractivity contribution is 7.89. The van der Waals surface area contributed by atoms with Crippen LogP contribution >= 0.6 is 12.4 Å². The van der Waals surface area contributed by atoms with E-state index in [0.717, 1.165) is 32.4 Å². The summed E-state index contributed by atoms with van der Waals surface area (Å²) in [4.78, 5) is 14.2. The molecule has 0 aromatic heterocycles. The minimum absolute atomic E-state index is 0. The van der Waals surface area contributed by atoms with Gasteiger partial charge in [-0.2, -0.15) is 0 Å². The van der Waals surface area contributed by atoms with Gasteiger partial charge in [0, 0.05) is 19.2 Å². The highest BCUT2D eigenvalue weighted by atomic mass is 35.5. The van der Waals surface area contributed by atoms with Crippen LogP contribution in [0.2, 0.25) is 0 Å². The molecular weight excluding hydrogens is 342 g/mol. The van der Waals surface area contributed by atoms with E-state index >= 15 is 0 Å². The lowest BCUT2D eigenvalue weighted by Gasteiger charge is -2.34. The van der Waals surface area contributed by atoms with Crippen molar-refractivity contribution in [2.45, 2.75) is 39.2 Å². The van der Waals surface area contributed by atoms with Crippen LogP contribution in [0, 0.1) is 0 Å². The van der Waals surface area contributed by atoms with Gasteiger partial charge in [0.2, 0.25) is 15.9 Å². The van der Waals surface area contributed by atoms with E-state index in [4.69, 9.17) is 4.74 Å². The third-order valence-corrected chi connectivity index (χ3v) is 4.97. The number of carbonyl (C=O) groups is 1. The van der Waals surface area contributed by atoms with Gasteiger partial charge in [-0.05, 0) is 39.3 Å². The number of carbonyl (C=O) groups excluding carboxylic acids is 1. The van der Waals surface area contributed by atoms with Crippen molar-refractivity contribution in [2.75, 3.05) is 45.1 Å². The van der Waals surface area contributed by atoms with Gasteiger partial charge in [0.1, 0.15) is 0 Å². The Kier molecular flexibility index (Phi) is 11.8. The van der Waals surface area contributed by atoms with E-state index in [-0.39, 0.29) is 43.3 Å². The monoisotopic (exact) mass is 371 g/mol. The van der Waals surface area contributed by atoms with Crippen LogP contribution in [0.3, 0.4) is 0 Å². The summed E-state index contributed by atoms with van der Waals surface area (Å²) in [7, 11) is -3.46. The normalized spacial score (nSPS) is 15.9. The van der Waals surface area contributed by atoms with Gasteiger partial charge in [-0.1, -0.05) is 6.92 Å². The van der Waals surface area contributed by atoms with Gasteiger partial charge in [-0.15, -0.1) is 12.4 Å². The highest BCUT2D eigenvalue weighted by Crippen LogP contribution is 2.12. The van der Waals surface area contributed by atoms with Crippen LogP contribution in [0.15, 0.2) is 0 Å². The van der Waals surface area contributed by atoms with Gasteiger partial charge in [0.25, 0.3) is 0 Å². The third-order valence-electron chi connectivity index (χ3n) is 3.68. The summed E-state index contributed by atoms with van der Waals surface area (Å²) in [5, 5.41) is 3.27. The summed E-state index contributed by atoms with van der Waals surface area (Å²) in [6.07, 6.45) is 2.71. The average Bonchev–Trinajstić information content (AvgIpc) is 2.51. The average molecular weight is 372 g/mol. The Hall–Kier alpha value is -0.410. The van der Waals surface area contributed by atoms with Gasteiger partial charge in [0.05, 0.1) is 18.9 Å². The van der Waals surface area contributed by atoms with Crippen molar-refractivity contribution in [3.63, 3.8) is 0 Å². The van der Waals surface area contributed by atoms with Crippen LogP contribution < -0.4 is 10.0 Å². The van der Waals surface area contributed by atoms with E-state index < -0.39 is 10.0 Å². The number of halogens is 1. The molecule has 0 aliphatic carbocycles. The Bertz CT molecular complexity index is 428. The van der Waals surface area contributed by atoms with Crippen molar-refractivity contribution >= 4 is 28.3 Å². The number of rotatable bonds is 10. The number of hydrogen-bond donors (Lipinski definition) is 2. The fourth-order valence-corrected chi connectivity index (χ4v) is 3.35. The number of piperidine rings is 1. The molecule has 1 rings (SSSR count). The third kappa shape index (κ3) is 8.85. The standard InChI is InChI=1S/C14H29N3O4S.ClH/c1-3-9-17(13-5-7-15-8-6-13)14(18)12-16-22(19,20)11-10-21-4-2;/h13,15-16H,3-12H2,1-2H3;1H. The van der Waals surface area contributed by atoms with E-state index in [1.54, 1.807) is 0 Å². The van der Waals surface area contributed by atoms with Crippen molar-refractivity contribution in [1.29, 1.82) is 0 Å². The van der Waals surface area contributed by atoms with Gasteiger partial charge < -0.3 is 15.0 Å². The summed E-state index contributed by atoms with van der Waals surface area (Å²) >= 11 is 0. The van der Waals surface area contributed by atoms with E-state index in [9.17, 15) is 13.2 Å². The van der Waals surface area contributed by atoms with Crippen LogP contribution in [0.4, 0.5) is 0 Å². The van der Waals surface area contributed by atoms with Crippen molar-refractivity contribution in [1.82, 2.24) is 14.9 Å². The fraction of sp³-hybridized carbons (Fsp3) is 0.929. The first-order chi connectivity index (χ1) is 10.5. The summed E-state index contributed by atoms with van der Waals surface area (Å²) in [6, 6.07) is 0.210. The predicted octanol–water partition coefficient (Wildman–Crippen LogP) is 0.355. The Labute approximate surface area is 146 Å². The molecule has 7 nitrogen and oxygen atoms in total. The highest BCUT2D eigenvalue weighted by Gasteiger charge is 2.25. The maximum atomic E-state index is 12.4. The molecule has 0 spiro atoms. The number of nitrogens with one attached hydrogen (secondary N) is 2. The Morgan fingerprint density at radius 2 is 1.96 bits per heavy atom. The van der Waals surface area contributed by atoms with Crippen LogP contribution in [-0.4, -0.2) is 70.4 Å².